The van der Waals surface area contributed by atoms with E-state index in [1.54, 1.807) is 29.1 Å². The van der Waals surface area contributed by atoms with Crippen LogP contribution in [0.1, 0.15) is 11.1 Å². The van der Waals surface area contributed by atoms with Crippen LogP contribution in [0.3, 0.4) is 0 Å². The largest absolute Gasteiger partial charge is 0.280 e. The first kappa shape index (κ1) is 14.0. The molecule has 0 bridgehead atoms. The summed E-state index contributed by atoms with van der Waals surface area (Å²) >= 11 is 1.28. The Bertz CT molecular complexity index is 883. The Morgan fingerprint density at radius 1 is 1.09 bits per heavy atom. The fourth-order valence-electron chi connectivity index (χ4n) is 2.89. The van der Waals surface area contributed by atoms with Crippen molar-refractivity contribution in [2.75, 3.05) is 4.90 Å². The van der Waals surface area contributed by atoms with Gasteiger partial charge in [0.05, 0.1) is 16.8 Å². The quantitative estimate of drug-likeness (QED) is 0.707. The summed E-state index contributed by atoms with van der Waals surface area (Å²) in [5.41, 5.74) is -0.987. The molecule has 0 fully saturated rings. The normalized spacial score (nSPS) is 19.9. The summed E-state index contributed by atoms with van der Waals surface area (Å²) in [6.45, 7) is 0. The molecule has 2 aromatic carbocycles. The van der Waals surface area contributed by atoms with E-state index in [1.807, 2.05) is 0 Å². The molecule has 114 valence electrons. The molecule has 0 saturated heterocycles. The van der Waals surface area contributed by atoms with Gasteiger partial charge in [-0.1, -0.05) is 36.4 Å². The highest BCUT2D eigenvalue weighted by Gasteiger charge is 2.55. The number of nitrogens with zero attached hydrogens (tertiary/aromatic N) is 2. The minimum Gasteiger partial charge on any atom is -0.269 e. The molecular formula is C17H10F2N2OS. The highest BCUT2D eigenvalue weighted by Crippen LogP contribution is 2.50. The Labute approximate surface area is 134 Å². The maximum atomic E-state index is 15.9. The van der Waals surface area contributed by atoms with Gasteiger partial charge in [0.15, 0.2) is 5.82 Å². The van der Waals surface area contributed by atoms with E-state index in [2.05, 4.69) is 4.98 Å². The van der Waals surface area contributed by atoms with Crippen molar-refractivity contribution in [1.82, 2.24) is 4.98 Å². The van der Waals surface area contributed by atoms with E-state index in [4.69, 9.17) is 0 Å². The number of carbonyl (C=O) groups is 1. The van der Waals surface area contributed by atoms with Crippen molar-refractivity contribution < 1.29 is 13.6 Å². The zero-order chi connectivity index (χ0) is 16.0. The summed E-state index contributed by atoms with van der Waals surface area (Å²) < 4.78 is 30.3. The summed E-state index contributed by atoms with van der Waals surface area (Å²) in [6, 6.07) is 12.1. The summed E-state index contributed by atoms with van der Waals surface area (Å²) in [5, 5.41) is 1.63. The molecule has 4 rings (SSSR count). The minimum atomic E-state index is -2.56. The molecular weight excluding hydrogens is 318 g/mol. The number of hydrogen-bond donors (Lipinski definition) is 0. The summed E-state index contributed by atoms with van der Waals surface area (Å²) in [7, 11) is 0. The molecule has 0 spiro atoms. The van der Waals surface area contributed by atoms with Gasteiger partial charge in [-0.15, -0.1) is 11.3 Å². The second-order valence-corrected chi connectivity index (χ2v) is 5.86. The Morgan fingerprint density at radius 2 is 1.87 bits per heavy atom. The third-order valence-electron chi connectivity index (χ3n) is 3.89. The first-order valence-corrected chi connectivity index (χ1v) is 7.84. The van der Waals surface area contributed by atoms with Crippen molar-refractivity contribution in [2.45, 2.75) is 5.67 Å². The van der Waals surface area contributed by atoms with Crippen LogP contribution < -0.4 is 4.90 Å². The van der Waals surface area contributed by atoms with Gasteiger partial charge in [0.2, 0.25) is 5.67 Å². The van der Waals surface area contributed by atoms with Gasteiger partial charge < -0.3 is 0 Å². The maximum Gasteiger partial charge on any atom is 0.280 e. The SMILES string of the molecule is O=C1N(c2cscn2)c2cccc(F)c2C1(F)c1ccccc1. The molecule has 1 atom stereocenters. The topological polar surface area (TPSA) is 33.2 Å². The number of aromatic nitrogens is 1. The Morgan fingerprint density at radius 3 is 2.57 bits per heavy atom. The van der Waals surface area contributed by atoms with E-state index < -0.39 is 17.4 Å². The maximum absolute atomic E-state index is 15.9. The third-order valence-corrected chi connectivity index (χ3v) is 4.47. The minimum absolute atomic E-state index is 0.106. The fourth-order valence-corrected chi connectivity index (χ4v) is 3.41. The molecule has 1 amide bonds. The van der Waals surface area contributed by atoms with E-state index in [-0.39, 0.29) is 16.8 Å². The molecule has 0 N–H and O–H groups in total. The molecule has 1 aromatic heterocycles. The van der Waals surface area contributed by atoms with Crippen molar-refractivity contribution in [1.29, 1.82) is 0 Å². The van der Waals surface area contributed by atoms with E-state index in [0.29, 0.717) is 5.82 Å². The summed E-state index contributed by atoms with van der Waals surface area (Å²) in [6.07, 6.45) is 0. The van der Waals surface area contributed by atoms with Gasteiger partial charge in [0, 0.05) is 10.9 Å². The second-order valence-electron chi connectivity index (χ2n) is 5.15. The van der Waals surface area contributed by atoms with Crippen LogP contribution in [0.15, 0.2) is 59.4 Å². The second kappa shape index (κ2) is 4.96. The number of halogens is 2. The number of amides is 1. The number of fused-ring (bicyclic) bond motifs is 1. The van der Waals surface area contributed by atoms with E-state index in [1.165, 1.54) is 35.6 Å². The molecule has 1 unspecified atom stereocenters. The van der Waals surface area contributed by atoms with Gasteiger partial charge in [-0.25, -0.2) is 13.8 Å². The summed E-state index contributed by atoms with van der Waals surface area (Å²) in [5.74, 6) is -1.31. The fraction of sp³-hybridized carbons (Fsp3) is 0.0588. The lowest BCUT2D eigenvalue weighted by molar-refractivity contribution is -0.126. The molecule has 3 aromatic rings. The van der Waals surface area contributed by atoms with Crippen molar-refractivity contribution in [3.63, 3.8) is 0 Å². The number of benzene rings is 2. The molecule has 0 aliphatic carbocycles. The highest BCUT2D eigenvalue weighted by atomic mass is 32.1. The predicted octanol–water partition coefficient (Wildman–Crippen LogP) is 4.17. The smallest absolute Gasteiger partial charge is 0.269 e. The summed E-state index contributed by atoms with van der Waals surface area (Å²) in [4.78, 5) is 18.1. The van der Waals surface area contributed by atoms with Crippen LogP contribution in [-0.4, -0.2) is 10.9 Å². The molecule has 0 radical (unpaired) electrons. The van der Waals surface area contributed by atoms with Gasteiger partial charge in [0.1, 0.15) is 5.82 Å². The molecule has 0 saturated carbocycles. The molecule has 3 nitrogen and oxygen atoms in total. The Kier molecular flexibility index (Phi) is 3.02. The third kappa shape index (κ3) is 1.85. The van der Waals surface area contributed by atoms with Gasteiger partial charge in [0.25, 0.3) is 5.91 Å². The highest BCUT2D eigenvalue weighted by molar-refractivity contribution is 7.08. The van der Waals surface area contributed by atoms with Crippen LogP contribution in [0.5, 0.6) is 0 Å². The van der Waals surface area contributed by atoms with E-state index in [0.717, 1.165) is 11.0 Å². The van der Waals surface area contributed by atoms with Crippen molar-refractivity contribution in [2.24, 2.45) is 0 Å². The lowest BCUT2D eigenvalue weighted by Crippen LogP contribution is -2.36. The van der Waals surface area contributed by atoms with Crippen LogP contribution in [0.4, 0.5) is 20.3 Å². The average Bonchev–Trinajstić information content (AvgIpc) is 3.16. The molecule has 2 heterocycles. The van der Waals surface area contributed by atoms with Gasteiger partial charge in [-0.2, -0.15) is 0 Å². The monoisotopic (exact) mass is 328 g/mol. The average molecular weight is 328 g/mol. The van der Waals surface area contributed by atoms with Crippen molar-refractivity contribution in [3.05, 3.63) is 76.4 Å². The predicted molar refractivity (Wildman–Crippen MR) is 84.0 cm³/mol. The molecule has 1 aliphatic heterocycles. The Balaban J connectivity index is 2.02. The standard InChI is InChI=1S/C17H10F2N2OS/c18-12-7-4-8-13-15(12)17(19,11-5-2-1-3-6-11)16(22)21(13)14-9-23-10-20-14/h1-10H. The van der Waals surface area contributed by atoms with E-state index in [9.17, 15) is 9.18 Å². The van der Waals surface area contributed by atoms with Crippen LogP contribution in [0.2, 0.25) is 0 Å². The number of carbonyl (C=O) groups excluding carboxylic acids is 1. The van der Waals surface area contributed by atoms with Gasteiger partial charge in [-0.05, 0) is 12.1 Å². The zero-order valence-electron chi connectivity index (χ0n) is 11.7. The van der Waals surface area contributed by atoms with Crippen LogP contribution in [-0.2, 0) is 10.5 Å². The zero-order valence-corrected chi connectivity index (χ0v) is 12.6. The number of thiazole rings is 1. The van der Waals surface area contributed by atoms with Crippen molar-refractivity contribution in [3.8, 4) is 0 Å². The van der Waals surface area contributed by atoms with Crippen LogP contribution in [0, 0.1) is 5.82 Å². The van der Waals surface area contributed by atoms with Gasteiger partial charge in [-0.3, -0.25) is 9.69 Å². The molecule has 1 aliphatic rings. The molecule has 23 heavy (non-hydrogen) atoms. The lowest BCUT2D eigenvalue weighted by Gasteiger charge is -2.20. The first-order chi connectivity index (χ1) is 11.1. The van der Waals surface area contributed by atoms with Crippen LogP contribution in [0.25, 0.3) is 0 Å². The van der Waals surface area contributed by atoms with E-state index >= 15 is 4.39 Å². The number of rotatable bonds is 2. The van der Waals surface area contributed by atoms with Crippen molar-refractivity contribution >= 4 is 28.7 Å². The number of alkyl halides is 1. The Hall–Kier alpha value is -2.60. The number of anilines is 2. The van der Waals surface area contributed by atoms with Crippen LogP contribution >= 0.6 is 11.3 Å². The first-order valence-electron chi connectivity index (χ1n) is 6.90. The lowest BCUT2D eigenvalue weighted by atomic mass is 9.89. The molecule has 6 heteroatoms. The van der Waals surface area contributed by atoms with Gasteiger partial charge >= 0.3 is 0 Å². The number of hydrogen-bond acceptors (Lipinski definition) is 3.